The molecule has 0 aliphatic rings. The maximum absolute atomic E-state index is 4.31. The molecule has 0 saturated heterocycles. The summed E-state index contributed by atoms with van der Waals surface area (Å²) in [6, 6.07) is 4.17. The third-order valence-corrected chi connectivity index (χ3v) is 2.37. The third kappa shape index (κ3) is 4.29. The highest BCUT2D eigenvalue weighted by atomic mass is 32.2. The molecule has 1 rings (SSSR count). The molecule has 1 aromatic heterocycles. The predicted octanol–water partition coefficient (Wildman–Crippen LogP) is 1.84. The highest BCUT2D eigenvalue weighted by Crippen LogP contribution is 1.97. The van der Waals surface area contributed by atoms with Crippen molar-refractivity contribution >= 4 is 11.8 Å². The number of aryl methyl sites for hydroxylation is 1. The fourth-order valence-electron chi connectivity index (χ4n) is 0.994. The Kier molecular flexibility index (Phi) is 4.86. The van der Waals surface area contributed by atoms with Gasteiger partial charge in [0.15, 0.2) is 0 Å². The minimum Gasteiger partial charge on any atom is -0.310 e. The maximum Gasteiger partial charge on any atom is 0.0541 e. The van der Waals surface area contributed by atoms with Crippen LogP contribution < -0.4 is 5.32 Å². The van der Waals surface area contributed by atoms with Crippen molar-refractivity contribution in [2.75, 3.05) is 18.6 Å². The Balaban J connectivity index is 2.25. The van der Waals surface area contributed by atoms with E-state index in [4.69, 9.17) is 0 Å². The van der Waals surface area contributed by atoms with E-state index < -0.39 is 0 Å². The molecule has 0 saturated carbocycles. The standard InChI is InChI=1S/C10H16N2S/c1-9-3-4-10(12-7-9)8-11-5-6-13-2/h3-4,7,11H,5-6,8H2,1-2H3. The van der Waals surface area contributed by atoms with Crippen LogP contribution in [0.3, 0.4) is 0 Å². The number of aromatic nitrogens is 1. The van der Waals surface area contributed by atoms with E-state index in [2.05, 4.69) is 35.6 Å². The molecular formula is C10H16N2S. The molecule has 0 bridgehead atoms. The highest BCUT2D eigenvalue weighted by Gasteiger charge is 1.92. The Morgan fingerprint density at radius 2 is 2.31 bits per heavy atom. The lowest BCUT2D eigenvalue weighted by atomic mass is 10.3. The van der Waals surface area contributed by atoms with Gasteiger partial charge in [-0.05, 0) is 24.8 Å². The van der Waals surface area contributed by atoms with Gasteiger partial charge in [0.1, 0.15) is 0 Å². The first kappa shape index (κ1) is 10.5. The van der Waals surface area contributed by atoms with Crippen LogP contribution in [0.2, 0.25) is 0 Å². The van der Waals surface area contributed by atoms with Gasteiger partial charge >= 0.3 is 0 Å². The van der Waals surface area contributed by atoms with Crippen molar-refractivity contribution in [3.05, 3.63) is 29.6 Å². The summed E-state index contributed by atoms with van der Waals surface area (Å²) >= 11 is 1.86. The molecule has 0 spiro atoms. The minimum atomic E-state index is 0.876. The van der Waals surface area contributed by atoms with Gasteiger partial charge in [-0.3, -0.25) is 4.98 Å². The summed E-state index contributed by atoms with van der Waals surface area (Å²) in [7, 11) is 0. The Hall–Kier alpha value is -0.540. The van der Waals surface area contributed by atoms with E-state index in [-0.39, 0.29) is 0 Å². The summed E-state index contributed by atoms with van der Waals surface area (Å²) in [5.41, 5.74) is 2.33. The monoisotopic (exact) mass is 196 g/mol. The lowest BCUT2D eigenvalue weighted by molar-refractivity contribution is 0.715. The molecular weight excluding hydrogens is 180 g/mol. The molecule has 2 nitrogen and oxygen atoms in total. The quantitative estimate of drug-likeness (QED) is 0.727. The Bertz CT molecular complexity index is 233. The SMILES string of the molecule is CSCCNCc1ccc(C)cn1. The number of hydrogen-bond donors (Lipinski definition) is 1. The van der Waals surface area contributed by atoms with Crippen molar-refractivity contribution in [2.24, 2.45) is 0 Å². The highest BCUT2D eigenvalue weighted by molar-refractivity contribution is 7.98. The number of nitrogens with zero attached hydrogens (tertiary/aromatic N) is 1. The summed E-state index contributed by atoms with van der Waals surface area (Å²) in [4.78, 5) is 4.31. The zero-order valence-corrected chi connectivity index (χ0v) is 9.03. The van der Waals surface area contributed by atoms with E-state index in [0.29, 0.717) is 0 Å². The summed E-state index contributed by atoms with van der Waals surface area (Å²) < 4.78 is 0. The number of nitrogens with one attached hydrogen (secondary N) is 1. The van der Waals surface area contributed by atoms with Crippen LogP contribution in [0.1, 0.15) is 11.3 Å². The van der Waals surface area contributed by atoms with Crippen molar-refractivity contribution in [3.8, 4) is 0 Å². The van der Waals surface area contributed by atoms with Crippen LogP contribution in [0.15, 0.2) is 18.3 Å². The number of rotatable bonds is 5. The summed E-state index contributed by atoms with van der Waals surface area (Å²) in [6.45, 7) is 3.98. The van der Waals surface area contributed by atoms with Crippen LogP contribution in [0, 0.1) is 6.92 Å². The van der Waals surface area contributed by atoms with Gasteiger partial charge in [-0.2, -0.15) is 11.8 Å². The second-order valence-corrected chi connectivity index (χ2v) is 3.98. The average Bonchev–Trinajstić information content (AvgIpc) is 2.15. The molecule has 0 aromatic carbocycles. The molecule has 0 atom stereocenters. The molecule has 0 unspecified atom stereocenters. The van der Waals surface area contributed by atoms with Crippen LogP contribution in [0.5, 0.6) is 0 Å². The lowest BCUT2D eigenvalue weighted by Crippen LogP contribution is -2.17. The maximum atomic E-state index is 4.31. The van der Waals surface area contributed by atoms with Gasteiger partial charge in [0.05, 0.1) is 5.69 Å². The van der Waals surface area contributed by atoms with Gasteiger partial charge in [0.2, 0.25) is 0 Å². The van der Waals surface area contributed by atoms with E-state index in [1.165, 1.54) is 5.56 Å². The zero-order valence-electron chi connectivity index (χ0n) is 8.21. The first-order valence-electron chi connectivity index (χ1n) is 4.44. The van der Waals surface area contributed by atoms with Crippen LogP contribution in [0.4, 0.5) is 0 Å². The van der Waals surface area contributed by atoms with Crippen molar-refractivity contribution in [3.63, 3.8) is 0 Å². The molecule has 1 heterocycles. The second kappa shape index (κ2) is 6.00. The van der Waals surface area contributed by atoms with Crippen molar-refractivity contribution in [1.82, 2.24) is 10.3 Å². The average molecular weight is 196 g/mol. The molecule has 0 fully saturated rings. The van der Waals surface area contributed by atoms with Crippen molar-refractivity contribution in [1.29, 1.82) is 0 Å². The van der Waals surface area contributed by atoms with E-state index in [0.717, 1.165) is 24.5 Å². The lowest BCUT2D eigenvalue weighted by Gasteiger charge is -2.02. The Morgan fingerprint density at radius 1 is 1.46 bits per heavy atom. The molecule has 0 amide bonds. The van der Waals surface area contributed by atoms with Crippen molar-refractivity contribution < 1.29 is 0 Å². The Labute approximate surface area is 84.1 Å². The van der Waals surface area contributed by atoms with Gasteiger partial charge in [-0.15, -0.1) is 0 Å². The smallest absolute Gasteiger partial charge is 0.0541 e. The molecule has 1 N–H and O–H groups in total. The predicted molar refractivity (Wildman–Crippen MR) is 59.1 cm³/mol. The van der Waals surface area contributed by atoms with Crippen LogP contribution in [-0.4, -0.2) is 23.5 Å². The summed E-state index contributed by atoms with van der Waals surface area (Å²) in [5.74, 6) is 1.16. The molecule has 72 valence electrons. The van der Waals surface area contributed by atoms with Crippen LogP contribution in [0.25, 0.3) is 0 Å². The molecule has 0 radical (unpaired) electrons. The zero-order chi connectivity index (χ0) is 9.52. The van der Waals surface area contributed by atoms with Gasteiger partial charge in [0.25, 0.3) is 0 Å². The number of hydrogen-bond acceptors (Lipinski definition) is 3. The van der Waals surface area contributed by atoms with E-state index >= 15 is 0 Å². The summed E-state index contributed by atoms with van der Waals surface area (Å²) in [6.07, 6.45) is 4.03. The van der Waals surface area contributed by atoms with E-state index in [9.17, 15) is 0 Å². The largest absolute Gasteiger partial charge is 0.310 e. The third-order valence-electron chi connectivity index (χ3n) is 1.76. The van der Waals surface area contributed by atoms with Gasteiger partial charge < -0.3 is 5.32 Å². The van der Waals surface area contributed by atoms with Gasteiger partial charge in [-0.25, -0.2) is 0 Å². The van der Waals surface area contributed by atoms with Crippen LogP contribution >= 0.6 is 11.8 Å². The minimum absolute atomic E-state index is 0.876. The fourth-order valence-corrected chi connectivity index (χ4v) is 1.34. The number of pyridine rings is 1. The molecule has 13 heavy (non-hydrogen) atoms. The molecule has 0 aliphatic carbocycles. The van der Waals surface area contributed by atoms with Crippen LogP contribution in [-0.2, 0) is 6.54 Å². The molecule has 3 heteroatoms. The van der Waals surface area contributed by atoms with E-state index in [1.807, 2.05) is 18.0 Å². The normalized spacial score (nSPS) is 10.3. The topological polar surface area (TPSA) is 24.9 Å². The Morgan fingerprint density at radius 3 is 2.92 bits per heavy atom. The fraction of sp³-hybridized carbons (Fsp3) is 0.500. The first-order chi connectivity index (χ1) is 6.33. The van der Waals surface area contributed by atoms with E-state index in [1.54, 1.807) is 0 Å². The molecule has 1 aromatic rings. The second-order valence-electron chi connectivity index (χ2n) is 3.00. The van der Waals surface area contributed by atoms with Crippen molar-refractivity contribution in [2.45, 2.75) is 13.5 Å². The van der Waals surface area contributed by atoms with Gasteiger partial charge in [-0.1, -0.05) is 6.07 Å². The van der Waals surface area contributed by atoms with Gasteiger partial charge in [0, 0.05) is 25.0 Å². The first-order valence-corrected chi connectivity index (χ1v) is 5.83. The summed E-state index contributed by atoms with van der Waals surface area (Å²) in [5, 5.41) is 3.34. The number of thioether (sulfide) groups is 1. The molecule has 0 aliphatic heterocycles.